The highest BCUT2D eigenvalue weighted by atomic mass is 16.5. The van der Waals surface area contributed by atoms with Gasteiger partial charge in [-0.3, -0.25) is 4.68 Å². The largest absolute Gasteiger partial charge is 0.378 e. The van der Waals surface area contributed by atoms with Crippen molar-refractivity contribution in [3.63, 3.8) is 0 Å². The van der Waals surface area contributed by atoms with Gasteiger partial charge in [0.25, 0.3) is 0 Å². The van der Waals surface area contributed by atoms with Crippen LogP contribution in [0.2, 0.25) is 0 Å². The second kappa shape index (κ2) is 7.95. The van der Waals surface area contributed by atoms with Gasteiger partial charge in [0, 0.05) is 31.8 Å². The molecular formula is C17H31N3O. The van der Waals surface area contributed by atoms with Gasteiger partial charge in [-0.25, -0.2) is 0 Å². The Morgan fingerprint density at radius 1 is 1.38 bits per heavy atom. The van der Waals surface area contributed by atoms with Crippen molar-refractivity contribution in [3.05, 3.63) is 17.5 Å². The topological polar surface area (TPSA) is 39.1 Å². The summed E-state index contributed by atoms with van der Waals surface area (Å²) in [5.74, 6) is 0.824. The molecule has 0 spiro atoms. The lowest BCUT2D eigenvalue weighted by atomic mass is 9.77. The number of aromatic nitrogens is 2. The molecule has 1 aliphatic rings. The molecule has 1 saturated carbocycles. The Hall–Kier alpha value is -0.870. The smallest absolute Gasteiger partial charge is 0.0624 e. The van der Waals surface area contributed by atoms with Crippen molar-refractivity contribution < 1.29 is 4.74 Å². The number of nitrogens with one attached hydrogen (secondary N) is 1. The Bertz CT molecular complexity index is 424. The summed E-state index contributed by atoms with van der Waals surface area (Å²) < 4.78 is 7.72. The summed E-state index contributed by atoms with van der Waals surface area (Å²) in [4.78, 5) is 0. The van der Waals surface area contributed by atoms with E-state index in [1.54, 1.807) is 0 Å². The van der Waals surface area contributed by atoms with Crippen LogP contribution in [0.25, 0.3) is 0 Å². The maximum atomic E-state index is 5.67. The molecule has 1 unspecified atom stereocenters. The van der Waals surface area contributed by atoms with Gasteiger partial charge in [-0.15, -0.1) is 0 Å². The second-order valence-corrected chi connectivity index (χ2v) is 6.21. The first-order valence-corrected chi connectivity index (χ1v) is 8.52. The van der Waals surface area contributed by atoms with Gasteiger partial charge in [0.2, 0.25) is 0 Å². The van der Waals surface area contributed by atoms with Crippen LogP contribution in [0.3, 0.4) is 0 Å². The normalized spacial score (nSPS) is 23.0. The van der Waals surface area contributed by atoms with E-state index in [2.05, 4.69) is 44.3 Å². The lowest BCUT2D eigenvalue weighted by molar-refractivity contribution is -0.0290. The average molecular weight is 293 g/mol. The number of hydrogen-bond donors (Lipinski definition) is 1. The predicted octanol–water partition coefficient (Wildman–Crippen LogP) is 2.71. The highest BCUT2D eigenvalue weighted by Gasteiger charge is 2.31. The van der Waals surface area contributed by atoms with Crippen molar-refractivity contribution in [2.75, 3.05) is 13.2 Å². The van der Waals surface area contributed by atoms with Crippen LogP contribution in [0, 0.1) is 5.92 Å². The van der Waals surface area contributed by atoms with E-state index in [4.69, 9.17) is 4.74 Å². The van der Waals surface area contributed by atoms with Crippen molar-refractivity contribution in [1.82, 2.24) is 15.1 Å². The molecule has 1 aromatic rings. The van der Waals surface area contributed by atoms with E-state index < -0.39 is 0 Å². The molecule has 1 aromatic heterocycles. The summed E-state index contributed by atoms with van der Waals surface area (Å²) in [6, 6.07) is 2.82. The molecule has 4 heteroatoms. The summed E-state index contributed by atoms with van der Waals surface area (Å²) in [5, 5.41) is 8.21. The highest BCUT2D eigenvalue weighted by molar-refractivity contribution is 5.11. The van der Waals surface area contributed by atoms with Crippen LogP contribution in [-0.2, 0) is 24.6 Å². The van der Waals surface area contributed by atoms with Crippen LogP contribution in [0.4, 0.5) is 0 Å². The van der Waals surface area contributed by atoms with Gasteiger partial charge < -0.3 is 10.1 Å². The van der Waals surface area contributed by atoms with Crippen LogP contribution in [0.5, 0.6) is 0 Å². The van der Waals surface area contributed by atoms with Gasteiger partial charge in [0.1, 0.15) is 0 Å². The summed E-state index contributed by atoms with van der Waals surface area (Å²) >= 11 is 0. The van der Waals surface area contributed by atoms with Gasteiger partial charge in [-0.2, -0.15) is 5.10 Å². The molecule has 2 rings (SSSR count). The molecule has 0 aromatic carbocycles. The Kier molecular flexibility index (Phi) is 6.24. The minimum Gasteiger partial charge on any atom is -0.378 e. The molecule has 21 heavy (non-hydrogen) atoms. The standard InChI is InChI=1S/C17H31N3O/c1-5-14-11-16(20(4)19-14)12-15(18-6-2)8-13-9-17(10-13)21-7-3/h11,13,15,17-18H,5-10,12H2,1-4H3. The summed E-state index contributed by atoms with van der Waals surface area (Å²) in [5.41, 5.74) is 2.54. The van der Waals surface area contributed by atoms with Crippen LogP contribution >= 0.6 is 0 Å². The fourth-order valence-electron chi connectivity index (χ4n) is 3.36. The number of ether oxygens (including phenoxy) is 1. The third kappa shape index (κ3) is 4.55. The van der Waals surface area contributed by atoms with E-state index >= 15 is 0 Å². The molecule has 0 aliphatic heterocycles. The fourth-order valence-corrected chi connectivity index (χ4v) is 3.36. The highest BCUT2D eigenvalue weighted by Crippen LogP contribution is 2.34. The molecule has 1 fully saturated rings. The lowest BCUT2D eigenvalue weighted by Crippen LogP contribution is -2.39. The quantitative estimate of drug-likeness (QED) is 0.761. The minimum absolute atomic E-state index is 0.519. The zero-order valence-electron chi connectivity index (χ0n) is 14.1. The van der Waals surface area contributed by atoms with Crippen LogP contribution < -0.4 is 5.32 Å². The Morgan fingerprint density at radius 3 is 2.71 bits per heavy atom. The second-order valence-electron chi connectivity index (χ2n) is 6.21. The monoisotopic (exact) mass is 293 g/mol. The van der Waals surface area contributed by atoms with Crippen molar-refractivity contribution in [1.29, 1.82) is 0 Å². The van der Waals surface area contributed by atoms with Crippen molar-refractivity contribution in [2.45, 2.75) is 65.0 Å². The van der Waals surface area contributed by atoms with E-state index in [1.165, 1.54) is 30.7 Å². The minimum atomic E-state index is 0.519. The Labute approximate surface area is 129 Å². The first-order valence-electron chi connectivity index (χ1n) is 8.52. The molecule has 0 amide bonds. The molecule has 4 nitrogen and oxygen atoms in total. The number of aryl methyl sites for hydroxylation is 2. The zero-order chi connectivity index (χ0) is 15.2. The van der Waals surface area contributed by atoms with Gasteiger partial charge >= 0.3 is 0 Å². The molecule has 0 radical (unpaired) electrons. The van der Waals surface area contributed by atoms with Crippen molar-refractivity contribution >= 4 is 0 Å². The molecule has 120 valence electrons. The van der Waals surface area contributed by atoms with Crippen LogP contribution in [0.15, 0.2) is 6.07 Å². The third-order valence-corrected chi connectivity index (χ3v) is 4.55. The molecule has 1 atom stereocenters. The average Bonchev–Trinajstić information content (AvgIpc) is 2.77. The maximum absolute atomic E-state index is 5.67. The number of nitrogens with zero attached hydrogens (tertiary/aromatic N) is 2. The zero-order valence-corrected chi connectivity index (χ0v) is 14.1. The Morgan fingerprint density at radius 2 is 2.14 bits per heavy atom. The molecule has 1 heterocycles. The lowest BCUT2D eigenvalue weighted by Gasteiger charge is -2.37. The SMILES string of the molecule is CCNC(Cc1cc(CC)nn1C)CC1CC(OCC)C1. The van der Waals surface area contributed by atoms with E-state index in [1.807, 2.05) is 4.68 Å². The van der Waals surface area contributed by atoms with Crippen LogP contribution in [-0.4, -0.2) is 35.1 Å². The van der Waals surface area contributed by atoms with Gasteiger partial charge in [-0.1, -0.05) is 13.8 Å². The number of rotatable bonds is 9. The first-order chi connectivity index (χ1) is 10.2. The summed E-state index contributed by atoms with van der Waals surface area (Å²) in [6.45, 7) is 8.32. The van der Waals surface area contributed by atoms with E-state index in [-0.39, 0.29) is 0 Å². The molecule has 1 aliphatic carbocycles. The van der Waals surface area contributed by atoms with Crippen molar-refractivity contribution in [3.8, 4) is 0 Å². The maximum Gasteiger partial charge on any atom is 0.0624 e. The van der Waals surface area contributed by atoms with E-state index in [9.17, 15) is 0 Å². The predicted molar refractivity (Wildman–Crippen MR) is 86.5 cm³/mol. The van der Waals surface area contributed by atoms with Gasteiger partial charge in [-0.05, 0) is 51.1 Å². The third-order valence-electron chi connectivity index (χ3n) is 4.55. The van der Waals surface area contributed by atoms with E-state index in [0.29, 0.717) is 12.1 Å². The van der Waals surface area contributed by atoms with Gasteiger partial charge in [0.15, 0.2) is 0 Å². The van der Waals surface area contributed by atoms with Crippen molar-refractivity contribution in [2.24, 2.45) is 13.0 Å². The molecule has 0 bridgehead atoms. The molecule has 1 N–H and O–H groups in total. The first kappa shape index (κ1) is 16.5. The fraction of sp³-hybridized carbons (Fsp3) is 0.824. The van der Waals surface area contributed by atoms with Crippen LogP contribution in [0.1, 0.15) is 51.4 Å². The van der Waals surface area contributed by atoms with E-state index in [0.717, 1.165) is 31.9 Å². The molecule has 0 saturated heterocycles. The Balaban J connectivity index is 1.85. The van der Waals surface area contributed by atoms with Gasteiger partial charge in [0.05, 0.1) is 11.8 Å². The number of hydrogen-bond acceptors (Lipinski definition) is 3. The molecular weight excluding hydrogens is 262 g/mol. The number of likely N-dealkylation sites (N-methyl/N-ethyl adjacent to an activating group) is 1. The summed E-state index contributed by atoms with van der Waals surface area (Å²) in [7, 11) is 2.06. The summed E-state index contributed by atoms with van der Waals surface area (Å²) in [6.07, 6.45) is 6.34.